The van der Waals surface area contributed by atoms with E-state index in [4.69, 9.17) is 10.2 Å². The summed E-state index contributed by atoms with van der Waals surface area (Å²) in [5.74, 6) is -0.896. The average Bonchev–Trinajstić information content (AvgIpc) is 1.97. The van der Waals surface area contributed by atoms with Crippen molar-refractivity contribution in [2.45, 2.75) is 25.8 Å². The summed E-state index contributed by atoms with van der Waals surface area (Å²) in [6.07, 6.45) is 1.17. The van der Waals surface area contributed by atoms with Gasteiger partial charge in [0.05, 0.1) is 0 Å². The number of hydrogen-bond donors (Lipinski definition) is 3. The Balaban J connectivity index is 0. The van der Waals surface area contributed by atoms with Gasteiger partial charge in [-0.15, -0.1) is 0 Å². The number of carboxylic acids is 1. The largest absolute Gasteiger partial charge is 0.480 e. The van der Waals surface area contributed by atoms with Crippen molar-refractivity contribution in [2.75, 3.05) is 13.2 Å². The molecular weight excluding hydrogens is 341 g/mol. The second-order valence-electron chi connectivity index (χ2n) is 2.36. The van der Waals surface area contributed by atoms with E-state index in [1.165, 1.54) is 0 Å². The van der Waals surface area contributed by atoms with Crippen LogP contribution < -0.4 is 5.32 Å². The van der Waals surface area contributed by atoms with Gasteiger partial charge in [-0.25, -0.2) is 0 Å². The molecule has 0 aromatic carbocycles. The molecule has 0 aliphatic rings. The van der Waals surface area contributed by atoms with E-state index in [1.807, 2.05) is 6.92 Å². The molecule has 3 N–H and O–H groups in total. The van der Waals surface area contributed by atoms with Crippen molar-refractivity contribution in [3.8, 4) is 0 Å². The smallest absolute Gasteiger partial charge is 0.320 e. The van der Waals surface area contributed by atoms with Crippen LogP contribution in [-0.2, 0) is 25.9 Å². The van der Waals surface area contributed by atoms with Crippen molar-refractivity contribution in [2.24, 2.45) is 0 Å². The van der Waals surface area contributed by atoms with Crippen LogP contribution in [0.25, 0.3) is 0 Å². The predicted octanol–water partition coefficient (Wildman–Crippen LogP) is -0.181. The van der Waals surface area contributed by atoms with Crippen LogP contribution in [0.1, 0.15) is 19.8 Å². The van der Waals surface area contributed by atoms with Crippen LogP contribution in [0, 0.1) is 0 Å². The Morgan fingerprint density at radius 3 is 2.50 bits per heavy atom. The van der Waals surface area contributed by atoms with Crippen LogP contribution in [0.4, 0.5) is 0 Å². The molecule has 76 valence electrons. The topological polar surface area (TPSA) is 69.6 Å². The third kappa shape index (κ3) is 6.77. The summed E-state index contributed by atoms with van der Waals surface area (Å²) in [5.41, 5.74) is 0. The van der Waals surface area contributed by atoms with Crippen LogP contribution in [0.5, 0.6) is 0 Å². The van der Waals surface area contributed by atoms with Gasteiger partial charge < -0.3 is 15.5 Å². The molecule has 0 heterocycles. The molecule has 0 aromatic rings. The molecule has 0 radical (unpaired) electrons. The number of aliphatic hydroxyl groups is 1. The average molecular weight is 356 g/mol. The van der Waals surface area contributed by atoms with Gasteiger partial charge in [-0.2, -0.15) is 0 Å². The van der Waals surface area contributed by atoms with Crippen molar-refractivity contribution in [1.29, 1.82) is 0 Å². The van der Waals surface area contributed by atoms with Gasteiger partial charge in [-0.05, 0) is 19.4 Å². The van der Waals surface area contributed by atoms with Crippen LogP contribution in [-0.4, -0.2) is 35.4 Å². The summed E-state index contributed by atoms with van der Waals surface area (Å²) in [6.45, 7) is 2.55. The fourth-order valence-corrected chi connectivity index (χ4v) is 0.761. The summed E-state index contributed by atoms with van der Waals surface area (Å²) in [5, 5.41) is 19.8. The molecule has 12 heavy (non-hydrogen) atoms. The van der Waals surface area contributed by atoms with Crippen molar-refractivity contribution in [1.82, 2.24) is 5.32 Å². The first-order valence-corrected chi connectivity index (χ1v) is 3.79. The minimum atomic E-state index is -0.896. The third-order valence-electron chi connectivity index (χ3n) is 1.36. The van der Waals surface area contributed by atoms with E-state index < -0.39 is 12.0 Å². The summed E-state index contributed by atoms with van der Waals surface area (Å²) < 4.78 is 0. The van der Waals surface area contributed by atoms with Gasteiger partial charge >= 0.3 is 5.97 Å². The Morgan fingerprint density at radius 1 is 1.58 bits per heavy atom. The first kappa shape index (κ1) is 14.6. The first-order valence-electron chi connectivity index (χ1n) is 3.79. The molecule has 0 fully saturated rings. The normalized spacial score (nSPS) is 11.8. The summed E-state index contributed by atoms with van der Waals surface area (Å²) in [6, 6.07) is -0.597. The van der Waals surface area contributed by atoms with E-state index in [0.717, 1.165) is 6.42 Å². The summed E-state index contributed by atoms with van der Waals surface area (Å²) in [7, 11) is 0. The number of hydrogen-bond acceptors (Lipinski definition) is 3. The van der Waals surface area contributed by atoms with E-state index in [2.05, 4.69) is 5.32 Å². The number of nitrogens with one attached hydrogen (secondary N) is 1. The Kier molecular flexibility index (Phi) is 11.2. The molecule has 0 aromatic heterocycles. The first-order chi connectivity index (χ1) is 5.22. The molecule has 0 unspecified atom stereocenters. The predicted molar refractivity (Wildman–Crippen MR) is 41.4 cm³/mol. The van der Waals surface area contributed by atoms with Gasteiger partial charge in [0.1, 0.15) is 6.04 Å². The zero-order valence-corrected chi connectivity index (χ0v) is 9.30. The summed E-state index contributed by atoms with van der Waals surface area (Å²) in [4.78, 5) is 10.4. The third-order valence-corrected chi connectivity index (χ3v) is 1.36. The Morgan fingerprint density at radius 2 is 2.17 bits per heavy atom. The molecule has 5 heteroatoms. The zero-order valence-electron chi connectivity index (χ0n) is 7.02. The minimum absolute atomic E-state index is 0. The standard InChI is InChI=1S/C7H15NO3.Pt/c1-2-4-8-6(3-5-9)7(10)11;/h6,8-9H,2-5H2,1H3,(H,10,11);/t6-;/m0./s1. The van der Waals surface area contributed by atoms with Crippen molar-refractivity contribution in [3.63, 3.8) is 0 Å². The Labute approximate surface area is 86.6 Å². The molecule has 1 atom stereocenters. The maximum atomic E-state index is 10.4. The maximum absolute atomic E-state index is 10.4. The number of aliphatic hydroxyl groups excluding tert-OH is 1. The maximum Gasteiger partial charge on any atom is 0.320 e. The number of aliphatic carboxylic acids is 1. The van der Waals surface area contributed by atoms with E-state index in [0.29, 0.717) is 6.54 Å². The SMILES string of the molecule is CCCN[C@@H](CCO)C(=O)O.[Pt]. The van der Waals surface area contributed by atoms with E-state index in [-0.39, 0.29) is 34.1 Å². The molecule has 0 spiro atoms. The van der Waals surface area contributed by atoms with Gasteiger partial charge in [0.2, 0.25) is 0 Å². The quantitative estimate of drug-likeness (QED) is 0.618. The fraction of sp³-hybridized carbons (Fsp3) is 0.857. The van der Waals surface area contributed by atoms with Gasteiger partial charge in [0.15, 0.2) is 0 Å². The van der Waals surface area contributed by atoms with E-state index in [9.17, 15) is 4.79 Å². The van der Waals surface area contributed by atoms with Crippen LogP contribution in [0.15, 0.2) is 0 Å². The summed E-state index contributed by atoms with van der Waals surface area (Å²) >= 11 is 0. The molecule has 0 saturated carbocycles. The van der Waals surface area contributed by atoms with E-state index in [1.54, 1.807) is 0 Å². The number of carbonyl (C=O) groups is 1. The molecule has 0 bridgehead atoms. The monoisotopic (exact) mass is 356 g/mol. The van der Waals surface area contributed by atoms with Gasteiger partial charge in [-0.3, -0.25) is 4.79 Å². The Hall–Kier alpha value is 0.0783. The van der Waals surface area contributed by atoms with Crippen molar-refractivity contribution >= 4 is 5.97 Å². The van der Waals surface area contributed by atoms with Gasteiger partial charge in [0, 0.05) is 27.7 Å². The molecule has 4 nitrogen and oxygen atoms in total. The fourth-order valence-electron chi connectivity index (χ4n) is 0.761. The van der Waals surface area contributed by atoms with Crippen LogP contribution in [0.3, 0.4) is 0 Å². The Bertz CT molecular complexity index is 121. The van der Waals surface area contributed by atoms with Gasteiger partial charge in [0.25, 0.3) is 0 Å². The molecule has 0 rings (SSSR count). The zero-order chi connectivity index (χ0) is 8.69. The minimum Gasteiger partial charge on any atom is -0.480 e. The molecular formula is C7H15NO3Pt. The van der Waals surface area contributed by atoms with Gasteiger partial charge in [-0.1, -0.05) is 6.92 Å². The molecule has 0 aliphatic carbocycles. The number of rotatable bonds is 6. The van der Waals surface area contributed by atoms with Crippen molar-refractivity contribution < 1.29 is 36.1 Å². The van der Waals surface area contributed by atoms with Crippen LogP contribution in [0.2, 0.25) is 0 Å². The molecule has 0 saturated heterocycles. The second kappa shape index (κ2) is 9.17. The molecule has 0 amide bonds. The van der Waals surface area contributed by atoms with Crippen molar-refractivity contribution in [3.05, 3.63) is 0 Å². The molecule has 0 aliphatic heterocycles. The van der Waals surface area contributed by atoms with Crippen LogP contribution >= 0.6 is 0 Å². The van der Waals surface area contributed by atoms with E-state index >= 15 is 0 Å². The second-order valence-corrected chi connectivity index (χ2v) is 2.36. The number of carboxylic acid groups (broad SMARTS) is 1.